The number of hydrogen-bond acceptors (Lipinski definition) is 1. The van der Waals surface area contributed by atoms with Crippen LogP contribution in [0.15, 0.2) is 0 Å². The van der Waals surface area contributed by atoms with E-state index in [1.807, 2.05) is 0 Å². The lowest BCUT2D eigenvalue weighted by Crippen LogP contribution is -2.21. The lowest BCUT2D eigenvalue weighted by atomic mass is 9.79. The van der Waals surface area contributed by atoms with Crippen molar-refractivity contribution in [3.8, 4) is 0 Å². The first kappa shape index (κ1) is 10.0. The summed E-state index contributed by atoms with van der Waals surface area (Å²) >= 11 is 0. The summed E-state index contributed by atoms with van der Waals surface area (Å²) in [5.41, 5.74) is 0.652. The van der Waals surface area contributed by atoms with Crippen molar-refractivity contribution < 1.29 is 0 Å². The van der Waals surface area contributed by atoms with Crippen molar-refractivity contribution in [3.63, 3.8) is 0 Å². The molecular formula is C11H23N. The Labute approximate surface area is 77.1 Å². The smallest absolute Gasteiger partial charge is 0.00166 e. The predicted octanol–water partition coefficient (Wildman–Crippen LogP) is 2.91. The summed E-state index contributed by atoms with van der Waals surface area (Å²) in [6.45, 7) is 7.38. The number of likely N-dealkylation sites (tertiary alicyclic amines) is 1. The van der Waals surface area contributed by atoms with Gasteiger partial charge in [-0.1, -0.05) is 20.3 Å². The van der Waals surface area contributed by atoms with Gasteiger partial charge in [-0.05, 0) is 51.2 Å². The molecule has 0 radical (unpaired) electrons. The maximum Gasteiger partial charge on any atom is -0.00166 e. The molecule has 0 aromatic carbocycles. The highest BCUT2D eigenvalue weighted by Gasteiger charge is 2.25. The number of nitrogens with zero attached hydrogens (tertiary/aromatic N) is 1. The van der Waals surface area contributed by atoms with Crippen LogP contribution in [-0.4, -0.2) is 25.0 Å². The largest absolute Gasteiger partial charge is 0.306 e. The van der Waals surface area contributed by atoms with Crippen LogP contribution in [0, 0.1) is 5.41 Å². The van der Waals surface area contributed by atoms with Gasteiger partial charge in [-0.15, -0.1) is 0 Å². The van der Waals surface area contributed by atoms with Gasteiger partial charge in [-0.25, -0.2) is 0 Å². The Kier molecular flexibility index (Phi) is 3.57. The van der Waals surface area contributed by atoms with Crippen molar-refractivity contribution in [1.82, 2.24) is 4.90 Å². The maximum atomic E-state index is 2.47. The van der Waals surface area contributed by atoms with E-state index in [2.05, 4.69) is 25.8 Å². The molecule has 0 bridgehead atoms. The second-order valence-electron chi connectivity index (χ2n) is 4.72. The second-order valence-corrected chi connectivity index (χ2v) is 4.72. The first-order chi connectivity index (χ1) is 5.66. The molecule has 72 valence electrons. The lowest BCUT2D eigenvalue weighted by molar-refractivity contribution is 0.246. The zero-order valence-electron chi connectivity index (χ0n) is 8.90. The van der Waals surface area contributed by atoms with Crippen LogP contribution in [0.5, 0.6) is 0 Å². The van der Waals surface area contributed by atoms with Crippen LogP contribution in [-0.2, 0) is 0 Å². The SMILES string of the molecule is CCCC1(C)CCCN(C)CC1. The predicted molar refractivity (Wildman–Crippen MR) is 54.4 cm³/mol. The van der Waals surface area contributed by atoms with Gasteiger partial charge in [0.25, 0.3) is 0 Å². The van der Waals surface area contributed by atoms with Gasteiger partial charge in [-0.3, -0.25) is 0 Å². The molecule has 0 N–H and O–H groups in total. The first-order valence-electron chi connectivity index (χ1n) is 5.35. The molecule has 0 aromatic rings. The van der Waals surface area contributed by atoms with E-state index in [-0.39, 0.29) is 0 Å². The van der Waals surface area contributed by atoms with Gasteiger partial charge < -0.3 is 4.90 Å². The summed E-state index contributed by atoms with van der Waals surface area (Å²) in [7, 11) is 2.25. The molecule has 1 nitrogen and oxygen atoms in total. The van der Waals surface area contributed by atoms with E-state index < -0.39 is 0 Å². The average molecular weight is 169 g/mol. The molecule has 1 aliphatic rings. The molecule has 0 amide bonds. The Morgan fingerprint density at radius 2 is 2.00 bits per heavy atom. The molecule has 1 aliphatic heterocycles. The van der Waals surface area contributed by atoms with Crippen LogP contribution >= 0.6 is 0 Å². The summed E-state index contributed by atoms with van der Waals surface area (Å²) in [4.78, 5) is 2.47. The molecule has 0 saturated carbocycles. The fraction of sp³-hybridized carbons (Fsp3) is 1.00. The zero-order chi connectivity index (χ0) is 9.03. The fourth-order valence-electron chi connectivity index (χ4n) is 2.33. The van der Waals surface area contributed by atoms with E-state index in [4.69, 9.17) is 0 Å². The minimum atomic E-state index is 0.652. The molecule has 1 heterocycles. The number of rotatable bonds is 2. The van der Waals surface area contributed by atoms with Crippen molar-refractivity contribution >= 4 is 0 Å². The highest BCUT2D eigenvalue weighted by Crippen LogP contribution is 2.34. The second kappa shape index (κ2) is 4.27. The quantitative estimate of drug-likeness (QED) is 0.614. The molecular weight excluding hydrogens is 146 g/mol. The molecule has 1 rings (SSSR count). The van der Waals surface area contributed by atoms with Crippen molar-refractivity contribution in [3.05, 3.63) is 0 Å². The van der Waals surface area contributed by atoms with Gasteiger partial charge in [0, 0.05) is 0 Å². The molecule has 1 atom stereocenters. The Morgan fingerprint density at radius 3 is 2.67 bits per heavy atom. The highest BCUT2D eigenvalue weighted by molar-refractivity contribution is 4.78. The third-order valence-electron chi connectivity index (χ3n) is 3.27. The van der Waals surface area contributed by atoms with E-state index in [1.165, 1.54) is 45.2 Å². The number of hydrogen-bond donors (Lipinski definition) is 0. The van der Waals surface area contributed by atoms with Crippen LogP contribution in [0.1, 0.15) is 46.0 Å². The average Bonchev–Trinajstić information content (AvgIpc) is 2.15. The topological polar surface area (TPSA) is 3.24 Å². The van der Waals surface area contributed by atoms with Crippen LogP contribution in [0.3, 0.4) is 0 Å². The summed E-state index contributed by atoms with van der Waals surface area (Å²) in [5.74, 6) is 0. The van der Waals surface area contributed by atoms with Gasteiger partial charge in [-0.2, -0.15) is 0 Å². The van der Waals surface area contributed by atoms with Gasteiger partial charge in [0.2, 0.25) is 0 Å². The zero-order valence-corrected chi connectivity index (χ0v) is 8.90. The van der Waals surface area contributed by atoms with Gasteiger partial charge in [0.15, 0.2) is 0 Å². The van der Waals surface area contributed by atoms with E-state index in [1.54, 1.807) is 0 Å². The van der Waals surface area contributed by atoms with E-state index >= 15 is 0 Å². The third kappa shape index (κ3) is 2.78. The van der Waals surface area contributed by atoms with Gasteiger partial charge in [0.05, 0.1) is 0 Å². The van der Waals surface area contributed by atoms with E-state index in [0.29, 0.717) is 5.41 Å². The molecule has 1 unspecified atom stereocenters. The monoisotopic (exact) mass is 169 g/mol. The van der Waals surface area contributed by atoms with Crippen molar-refractivity contribution in [2.24, 2.45) is 5.41 Å². The fourth-order valence-corrected chi connectivity index (χ4v) is 2.33. The van der Waals surface area contributed by atoms with Crippen LogP contribution in [0.4, 0.5) is 0 Å². The molecule has 0 spiro atoms. The van der Waals surface area contributed by atoms with Crippen LogP contribution < -0.4 is 0 Å². The summed E-state index contributed by atoms with van der Waals surface area (Å²) < 4.78 is 0. The van der Waals surface area contributed by atoms with Crippen molar-refractivity contribution in [2.75, 3.05) is 20.1 Å². The van der Waals surface area contributed by atoms with Crippen LogP contribution in [0.2, 0.25) is 0 Å². The van der Waals surface area contributed by atoms with Gasteiger partial charge >= 0.3 is 0 Å². The maximum absolute atomic E-state index is 2.47. The standard InChI is InChI=1S/C11H23N/c1-4-6-11(2)7-5-9-12(3)10-8-11/h4-10H2,1-3H3. The summed E-state index contributed by atoms with van der Waals surface area (Å²) in [6.07, 6.45) is 7.00. The Bertz CT molecular complexity index is 133. The Morgan fingerprint density at radius 1 is 1.25 bits per heavy atom. The normalized spacial score (nSPS) is 33.2. The molecule has 12 heavy (non-hydrogen) atoms. The van der Waals surface area contributed by atoms with E-state index in [9.17, 15) is 0 Å². The molecule has 0 aromatic heterocycles. The molecule has 1 heteroatoms. The molecule has 0 aliphatic carbocycles. The molecule has 1 saturated heterocycles. The highest BCUT2D eigenvalue weighted by atomic mass is 15.1. The minimum absolute atomic E-state index is 0.652. The van der Waals surface area contributed by atoms with E-state index in [0.717, 1.165) is 0 Å². The first-order valence-corrected chi connectivity index (χ1v) is 5.35. The summed E-state index contributed by atoms with van der Waals surface area (Å²) in [6, 6.07) is 0. The van der Waals surface area contributed by atoms with Crippen molar-refractivity contribution in [1.29, 1.82) is 0 Å². The Balaban J connectivity index is 2.43. The Hall–Kier alpha value is -0.0400. The van der Waals surface area contributed by atoms with Crippen LogP contribution in [0.25, 0.3) is 0 Å². The van der Waals surface area contributed by atoms with Crippen molar-refractivity contribution in [2.45, 2.75) is 46.0 Å². The van der Waals surface area contributed by atoms with Gasteiger partial charge in [0.1, 0.15) is 0 Å². The minimum Gasteiger partial charge on any atom is -0.306 e. The lowest BCUT2D eigenvalue weighted by Gasteiger charge is -2.27. The summed E-state index contributed by atoms with van der Waals surface area (Å²) in [5, 5.41) is 0. The molecule has 1 fully saturated rings. The third-order valence-corrected chi connectivity index (χ3v) is 3.27.